The minimum absolute atomic E-state index is 0.138. The van der Waals surface area contributed by atoms with E-state index in [1.165, 1.54) is 12.1 Å². The molecule has 2 aromatic carbocycles. The number of carbonyl (C=O) groups is 1. The summed E-state index contributed by atoms with van der Waals surface area (Å²) in [6, 6.07) is 9.69. The summed E-state index contributed by atoms with van der Waals surface area (Å²) >= 11 is 0. The molecule has 0 bridgehead atoms. The summed E-state index contributed by atoms with van der Waals surface area (Å²) in [5.41, 5.74) is 0.410. The monoisotopic (exact) mass is 246 g/mol. The van der Waals surface area contributed by atoms with Crippen LogP contribution in [-0.2, 0) is 4.74 Å². The van der Waals surface area contributed by atoms with Gasteiger partial charge in [0.1, 0.15) is 5.82 Å². The number of fused-ring (bicyclic) bond motifs is 1. The second kappa shape index (κ2) is 5.17. The standard InChI is InChI=1S/C15H15FO2/c1-3-10(2)18-15(17)13-8-9-14(16)12-7-5-4-6-11(12)13/h4-10H,3H2,1-2H3. The molecule has 0 fully saturated rings. The minimum atomic E-state index is -0.402. The van der Waals surface area contributed by atoms with Crippen LogP contribution < -0.4 is 0 Å². The number of benzene rings is 2. The predicted molar refractivity (Wildman–Crippen MR) is 69.1 cm³/mol. The Hall–Kier alpha value is -1.90. The maximum absolute atomic E-state index is 13.6. The van der Waals surface area contributed by atoms with Gasteiger partial charge < -0.3 is 4.74 Å². The minimum Gasteiger partial charge on any atom is -0.459 e. The summed E-state index contributed by atoms with van der Waals surface area (Å²) < 4.78 is 18.9. The van der Waals surface area contributed by atoms with Crippen LogP contribution in [0.3, 0.4) is 0 Å². The summed E-state index contributed by atoms with van der Waals surface area (Å²) in [4.78, 5) is 12.0. The number of carbonyl (C=O) groups excluding carboxylic acids is 1. The van der Waals surface area contributed by atoms with Gasteiger partial charge in [0.25, 0.3) is 0 Å². The summed E-state index contributed by atoms with van der Waals surface area (Å²) in [6.07, 6.45) is 0.617. The lowest BCUT2D eigenvalue weighted by atomic mass is 10.0. The number of rotatable bonds is 3. The van der Waals surface area contributed by atoms with Crippen molar-refractivity contribution in [2.24, 2.45) is 0 Å². The van der Waals surface area contributed by atoms with Crippen LogP contribution in [-0.4, -0.2) is 12.1 Å². The Morgan fingerprint density at radius 1 is 1.22 bits per heavy atom. The molecule has 0 saturated carbocycles. The first kappa shape index (κ1) is 12.6. The molecule has 3 heteroatoms. The molecule has 1 unspecified atom stereocenters. The number of hydrogen-bond acceptors (Lipinski definition) is 2. The third-order valence-electron chi connectivity index (χ3n) is 2.97. The molecule has 0 amide bonds. The van der Waals surface area contributed by atoms with Gasteiger partial charge in [-0.05, 0) is 30.9 Å². The number of hydrogen-bond donors (Lipinski definition) is 0. The van der Waals surface area contributed by atoms with Gasteiger partial charge in [0.15, 0.2) is 0 Å². The molecule has 1 atom stereocenters. The van der Waals surface area contributed by atoms with Crippen molar-refractivity contribution in [2.45, 2.75) is 26.4 Å². The molecule has 94 valence electrons. The van der Waals surface area contributed by atoms with Crippen molar-refractivity contribution in [3.05, 3.63) is 47.8 Å². The van der Waals surface area contributed by atoms with E-state index in [2.05, 4.69) is 0 Å². The van der Waals surface area contributed by atoms with Gasteiger partial charge in [-0.2, -0.15) is 0 Å². The molecule has 0 N–H and O–H groups in total. The summed E-state index contributed by atoms with van der Waals surface area (Å²) in [6.45, 7) is 3.78. The molecule has 0 heterocycles. The SMILES string of the molecule is CCC(C)OC(=O)c1ccc(F)c2ccccc12. The fraction of sp³-hybridized carbons (Fsp3) is 0.267. The van der Waals surface area contributed by atoms with Crippen LogP contribution in [0.25, 0.3) is 10.8 Å². The third kappa shape index (κ3) is 2.35. The molecule has 2 rings (SSSR count). The van der Waals surface area contributed by atoms with Crippen molar-refractivity contribution in [2.75, 3.05) is 0 Å². The average molecular weight is 246 g/mol. The highest BCUT2D eigenvalue weighted by molar-refractivity contribution is 6.04. The molecule has 0 aliphatic carbocycles. The van der Waals surface area contributed by atoms with E-state index in [4.69, 9.17) is 4.74 Å². The first-order valence-corrected chi connectivity index (χ1v) is 6.01. The van der Waals surface area contributed by atoms with Gasteiger partial charge in [0.2, 0.25) is 0 Å². The van der Waals surface area contributed by atoms with Crippen molar-refractivity contribution in [1.82, 2.24) is 0 Å². The average Bonchev–Trinajstić information content (AvgIpc) is 2.39. The van der Waals surface area contributed by atoms with Crippen molar-refractivity contribution < 1.29 is 13.9 Å². The Bertz CT molecular complexity index is 578. The highest BCUT2D eigenvalue weighted by atomic mass is 19.1. The Morgan fingerprint density at radius 2 is 1.89 bits per heavy atom. The van der Waals surface area contributed by atoms with Gasteiger partial charge in [0.05, 0.1) is 11.7 Å². The first-order chi connectivity index (χ1) is 8.63. The molecular formula is C15H15FO2. The zero-order valence-electron chi connectivity index (χ0n) is 10.4. The van der Waals surface area contributed by atoms with Crippen LogP contribution in [0.2, 0.25) is 0 Å². The van der Waals surface area contributed by atoms with Gasteiger partial charge in [0, 0.05) is 5.39 Å². The van der Waals surface area contributed by atoms with E-state index >= 15 is 0 Å². The van der Waals surface area contributed by atoms with Crippen LogP contribution in [0, 0.1) is 5.82 Å². The second-order valence-electron chi connectivity index (χ2n) is 4.26. The van der Waals surface area contributed by atoms with E-state index in [1.54, 1.807) is 24.3 Å². The van der Waals surface area contributed by atoms with E-state index < -0.39 is 5.97 Å². The molecule has 2 aromatic rings. The van der Waals surface area contributed by atoms with Crippen molar-refractivity contribution in [3.63, 3.8) is 0 Å². The third-order valence-corrected chi connectivity index (χ3v) is 2.97. The van der Waals surface area contributed by atoms with Crippen LogP contribution in [0.15, 0.2) is 36.4 Å². The molecule has 0 radical (unpaired) electrons. The van der Waals surface area contributed by atoms with Gasteiger partial charge in [-0.3, -0.25) is 0 Å². The fourth-order valence-electron chi connectivity index (χ4n) is 1.77. The molecule has 0 spiro atoms. The van der Waals surface area contributed by atoms with Crippen LogP contribution in [0.5, 0.6) is 0 Å². The number of esters is 1. The van der Waals surface area contributed by atoms with Gasteiger partial charge in [-0.25, -0.2) is 9.18 Å². The van der Waals surface area contributed by atoms with Crippen molar-refractivity contribution in [3.8, 4) is 0 Å². The summed E-state index contributed by atoms with van der Waals surface area (Å²) in [5.74, 6) is -0.730. The van der Waals surface area contributed by atoms with E-state index in [9.17, 15) is 9.18 Å². The van der Waals surface area contributed by atoms with E-state index in [-0.39, 0.29) is 11.9 Å². The van der Waals surface area contributed by atoms with Crippen molar-refractivity contribution >= 4 is 16.7 Å². The molecule has 0 saturated heterocycles. The second-order valence-corrected chi connectivity index (χ2v) is 4.26. The zero-order chi connectivity index (χ0) is 13.1. The summed E-state index contributed by atoms with van der Waals surface area (Å²) in [7, 11) is 0. The van der Waals surface area contributed by atoms with E-state index in [0.29, 0.717) is 16.3 Å². The number of halogens is 1. The highest BCUT2D eigenvalue weighted by Crippen LogP contribution is 2.22. The summed E-state index contributed by atoms with van der Waals surface area (Å²) in [5, 5.41) is 1.03. The lowest BCUT2D eigenvalue weighted by molar-refractivity contribution is 0.0337. The maximum Gasteiger partial charge on any atom is 0.339 e. The molecule has 18 heavy (non-hydrogen) atoms. The highest BCUT2D eigenvalue weighted by Gasteiger charge is 2.15. The van der Waals surface area contributed by atoms with Gasteiger partial charge >= 0.3 is 5.97 Å². The zero-order valence-corrected chi connectivity index (χ0v) is 10.4. The predicted octanol–water partition coefficient (Wildman–Crippen LogP) is 3.93. The Kier molecular flexibility index (Phi) is 3.60. The molecular weight excluding hydrogens is 231 g/mol. The largest absolute Gasteiger partial charge is 0.459 e. The van der Waals surface area contributed by atoms with Gasteiger partial charge in [-0.1, -0.05) is 31.2 Å². The molecule has 0 aromatic heterocycles. The first-order valence-electron chi connectivity index (χ1n) is 6.01. The maximum atomic E-state index is 13.6. The molecule has 0 aliphatic heterocycles. The van der Waals surface area contributed by atoms with Crippen LogP contribution >= 0.6 is 0 Å². The smallest absolute Gasteiger partial charge is 0.339 e. The fourth-order valence-corrected chi connectivity index (χ4v) is 1.77. The topological polar surface area (TPSA) is 26.3 Å². The Morgan fingerprint density at radius 3 is 2.56 bits per heavy atom. The Labute approximate surface area is 105 Å². The number of ether oxygens (including phenoxy) is 1. The molecule has 0 aliphatic rings. The lowest BCUT2D eigenvalue weighted by Crippen LogP contribution is -2.14. The van der Waals surface area contributed by atoms with Crippen molar-refractivity contribution in [1.29, 1.82) is 0 Å². The van der Waals surface area contributed by atoms with E-state index in [0.717, 1.165) is 6.42 Å². The van der Waals surface area contributed by atoms with E-state index in [1.807, 2.05) is 13.8 Å². The Balaban J connectivity index is 2.45. The van der Waals surface area contributed by atoms with Crippen LogP contribution in [0.1, 0.15) is 30.6 Å². The lowest BCUT2D eigenvalue weighted by Gasteiger charge is -2.12. The van der Waals surface area contributed by atoms with Crippen LogP contribution in [0.4, 0.5) is 4.39 Å². The molecule has 2 nitrogen and oxygen atoms in total. The van der Waals surface area contributed by atoms with Gasteiger partial charge in [-0.15, -0.1) is 0 Å². The normalized spacial score (nSPS) is 12.4. The quantitative estimate of drug-likeness (QED) is 0.767.